The number of aromatic nitrogens is 5. The van der Waals surface area contributed by atoms with Gasteiger partial charge in [-0.2, -0.15) is 0 Å². The Balaban J connectivity index is 1.34. The number of hydrogen-bond donors (Lipinski definition) is 0. The van der Waals surface area contributed by atoms with E-state index in [-0.39, 0.29) is 0 Å². The van der Waals surface area contributed by atoms with E-state index in [2.05, 4.69) is 25.0 Å². The fraction of sp³-hybridized carbons (Fsp3) is 0.348. The van der Waals surface area contributed by atoms with Crippen molar-refractivity contribution in [1.29, 1.82) is 0 Å². The first kappa shape index (κ1) is 19.7. The van der Waals surface area contributed by atoms with Crippen LogP contribution in [0.3, 0.4) is 0 Å². The van der Waals surface area contributed by atoms with Gasteiger partial charge in [0.15, 0.2) is 6.36 Å². The summed E-state index contributed by atoms with van der Waals surface area (Å²) < 4.78 is 19.8. The van der Waals surface area contributed by atoms with Crippen molar-refractivity contribution in [3.05, 3.63) is 49.1 Å². The molecule has 0 amide bonds. The Labute approximate surface area is 179 Å². The van der Waals surface area contributed by atoms with Crippen LogP contribution in [0.15, 0.2) is 54.0 Å². The van der Waals surface area contributed by atoms with Gasteiger partial charge in [-0.05, 0) is 62.3 Å². The van der Waals surface area contributed by atoms with Crippen LogP contribution in [0, 0.1) is 5.92 Å². The first-order valence-corrected chi connectivity index (χ1v) is 10.5. The maximum atomic E-state index is 12.9. The molecule has 1 unspecified atom stereocenters. The Morgan fingerprint density at radius 1 is 1.13 bits per heavy atom. The average Bonchev–Trinajstić information content (AvgIpc) is 3.21. The summed E-state index contributed by atoms with van der Waals surface area (Å²) in [5.74, 6) is 0.848. The van der Waals surface area contributed by atoms with E-state index in [1.165, 1.54) is 6.92 Å². The highest BCUT2D eigenvalue weighted by molar-refractivity contribution is 5.88. The van der Waals surface area contributed by atoms with Crippen LogP contribution >= 0.6 is 0 Å². The third-order valence-corrected chi connectivity index (χ3v) is 5.69. The summed E-state index contributed by atoms with van der Waals surface area (Å²) in [5, 5.41) is 4.57. The van der Waals surface area contributed by atoms with Gasteiger partial charge in [-0.15, -0.1) is 5.10 Å². The molecule has 4 aromatic rings. The Kier molecular flexibility index (Phi) is 5.38. The minimum atomic E-state index is -1.20. The van der Waals surface area contributed by atoms with Crippen LogP contribution in [0.2, 0.25) is 0 Å². The maximum Gasteiger partial charge on any atom is 0.267 e. The lowest BCUT2D eigenvalue weighted by molar-refractivity contribution is -0.0426. The number of ether oxygens (including phenoxy) is 1. The van der Waals surface area contributed by atoms with Crippen LogP contribution in [-0.2, 0) is 4.74 Å². The van der Waals surface area contributed by atoms with Crippen molar-refractivity contribution < 1.29 is 9.13 Å². The fourth-order valence-corrected chi connectivity index (χ4v) is 4.02. The zero-order valence-corrected chi connectivity index (χ0v) is 17.3. The lowest BCUT2D eigenvalue weighted by Gasteiger charge is -2.23. The van der Waals surface area contributed by atoms with E-state index in [9.17, 15) is 4.39 Å². The number of fused-ring (bicyclic) bond motifs is 2. The standard InChI is InChI=1S/C23H23FN6O/c1-15(24)31-14-16-2-5-18(6-3-16)28-23-27-13-22-19(8-11-30(22)29-23)17-4-7-20-21(12-17)26-10-9-25-20/h4,7-13,15-16H,2-3,5-6,14H2,1H3. The second-order valence-electron chi connectivity index (χ2n) is 7.88. The minimum Gasteiger partial charge on any atom is -0.348 e. The van der Waals surface area contributed by atoms with Crippen LogP contribution < -0.4 is 0 Å². The van der Waals surface area contributed by atoms with Crippen molar-refractivity contribution in [3.63, 3.8) is 0 Å². The van der Waals surface area contributed by atoms with Gasteiger partial charge in [0, 0.05) is 29.9 Å². The van der Waals surface area contributed by atoms with Crippen LogP contribution in [-0.4, -0.2) is 43.2 Å². The molecule has 1 aliphatic rings. The summed E-state index contributed by atoms with van der Waals surface area (Å²) in [7, 11) is 0. The van der Waals surface area contributed by atoms with Crippen molar-refractivity contribution in [1.82, 2.24) is 24.6 Å². The van der Waals surface area contributed by atoms with Gasteiger partial charge in [-0.25, -0.2) is 18.9 Å². The third kappa shape index (κ3) is 4.29. The predicted octanol–water partition coefficient (Wildman–Crippen LogP) is 4.93. The zero-order chi connectivity index (χ0) is 21.2. The maximum absolute atomic E-state index is 12.9. The summed E-state index contributed by atoms with van der Waals surface area (Å²) in [6.45, 7) is 1.89. The van der Waals surface area contributed by atoms with Gasteiger partial charge in [0.25, 0.3) is 5.95 Å². The molecule has 1 aromatic carbocycles. The number of nitrogens with zero attached hydrogens (tertiary/aromatic N) is 6. The van der Waals surface area contributed by atoms with Crippen LogP contribution in [0.5, 0.6) is 0 Å². The van der Waals surface area contributed by atoms with E-state index in [1.54, 1.807) is 12.4 Å². The molecule has 0 N–H and O–H groups in total. The highest BCUT2D eigenvalue weighted by Gasteiger charge is 2.19. The molecule has 3 aromatic heterocycles. The minimum absolute atomic E-state index is 0.388. The molecule has 1 fully saturated rings. The molecule has 5 rings (SSSR count). The number of rotatable bonds is 5. The zero-order valence-electron chi connectivity index (χ0n) is 17.3. The molecule has 1 aliphatic carbocycles. The number of aliphatic imine (C=N–C) groups is 1. The smallest absolute Gasteiger partial charge is 0.267 e. The van der Waals surface area contributed by atoms with E-state index >= 15 is 0 Å². The lowest BCUT2D eigenvalue weighted by Crippen LogP contribution is -2.20. The highest BCUT2D eigenvalue weighted by Crippen LogP contribution is 2.28. The van der Waals surface area contributed by atoms with Crippen molar-refractivity contribution in [3.8, 4) is 11.1 Å². The average molecular weight is 418 g/mol. The molecule has 0 radical (unpaired) electrons. The van der Waals surface area contributed by atoms with Crippen molar-refractivity contribution in [2.75, 3.05) is 6.61 Å². The second-order valence-corrected chi connectivity index (χ2v) is 7.88. The van der Waals surface area contributed by atoms with Crippen molar-refractivity contribution >= 4 is 28.2 Å². The molecule has 0 spiro atoms. The Hall–Kier alpha value is -3.26. The normalized spacial score (nSPS) is 17.9. The molecule has 31 heavy (non-hydrogen) atoms. The summed E-state index contributed by atoms with van der Waals surface area (Å²) in [6, 6.07) is 8.05. The monoisotopic (exact) mass is 418 g/mol. The first-order valence-electron chi connectivity index (χ1n) is 10.5. The molecule has 8 heteroatoms. The largest absolute Gasteiger partial charge is 0.348 e. The molecular formula is C23H23FN6O. The van der Waals surface area contributed by atoms with Gasteiger partial charge < -0.3 is 4.74 Å². The molecule has 158 valence electrons. The van der Waals surface area contributed by atoms with E-state index < -0.39 is 6.36 Å². The summed E-state index contributed by atoms with van der Waals surface area (Å²) in [4.78, 5) is 17.9. The van der Waals surface area contributed by atoms with Crippen molar-refractivity contribution in [2.45, 2.75) is 39.0 Å². The van der Waals surface area contributed by atoms with Gasteiger partial charge >= 0.3 is 0 Å². The fourth-order valence-electron chi connectivity index (χ4n) is 4.02. The number of hydrogen-bond acceptors (Lipinski definition) is 6. The summed E-state index contributed by atoms with van der Waals surface area (Å²) in [5.41, 5.74) is 5.79. The van der Waals surface area contributed by atoms with Crippen molar-refractivity contribution in [2.24, 2.45) is 10.9 Å². The SMILES string of the molecule is CC(F)OCC1CCC(=Nc2ncc3c(-c4ccc5nccnc5c4)ccn3n2)CC1. The van der Waals surface area contributed by atoms with E-state index in [0.717, 1.165) is 59.1 Å². The molecule has 0 saturated heterocycles. The number of halogens is 1. The topological polar surface area (TPSA) is 77.6 Å². The highest BCUT2D eigenvalue weighted by atomic mass is 19.1. The molecule has 1 saturated carbocycles. The molecule has 0 aliphatic heterocycles. The predicted molar refractivity (Wildman–Crippen MR) is 117 cm³/mol. The number of benzene rings is 1. The van der Waals surface area contributed by atoms with Gasteiger partial charge in [0.05, 0.1) is 29.4 Å². The Morgan fingerprint density at radius 3 is 2.74 bits per heavy atom. The van der Waals surface area contributed by atoms with Gasteiger partial charge in [-0.1, -0.05) is 6.07 Å². The lowest BCUT2D eigenvalue weighted by atomic mass is 9.88. The second kappa shape index (κ2) is 8.47. The first-order chi connectivity index (χ1) is 15.2. The summed E-state index contributed by atoms with van der Waals surface area (Å²) in [6.07, 6.45) is 9.55. The van der Waals surface area contributed by atoms with E-state index in [1.807, 2.05) is 41.2 Å². The van der Waals surface area contributed by atoms with E-state index in [4.69, 9.17) is 4.74 Å². The van der Waals surface area contributed by atoms with E-state index in [0.29, 0.717) is 18.5 Å². The molecule has 7 nitrogen and oxygen atoms in total. The Bertz CT molecular complexity index is 1240. The third-order valence-electron chi connectivity index (χ3n) is 5.69. The van der Waals surface area contributed by atoms with Gasteiger partial charge in [0.1, 0.15) is 0 Å². The van der Waals surface area contributed by atoms with Gasteiger partial charge in [-0.3, -0.25) is 9.97 Å². The molecule has 0 bridgehead atoms. The van der Waals surface area contributed by atoms with Gasteiger partial charge in [0.2, 0.25) is 0 Å². The Morgan fingerprint density at radius 2 is 1.94 bits per heavy atom. The van der Waals surface area contributed by atoms with Crippen LogP contribution in [0.1, 0.15) is 32.6 Å². The number of alkyl halides is 1. The van der Waals surface area contributed by atoms with Crippen LogP contribution in [0.4, 0.5) is 10.3 Å². The molecule has 3 heterocycles. The summed E-state index contributed by atoms with van der Waals surface area (Å²) >= 11 is 0. The van der Waals surface area contributed by atoms with Crippen LogP contribution in [0.25, 0.3) is 27.7 Å². The molecular weight excluding hydrogens is 395 g/mol. The quantitative estimate of drug-likeness (QED) is 0.459. The molecule has 1 atom stereocenters.